The Morgan fingerprint density at radius 3 is 0.921 bits per heavy atom. The van der Waals surface area contributed by atoms with E-state index in [4.69, 9.17) is 14.2 Å². The first-order valence-corrected chi connectivity index (χ1v) is 31.5. The molecule has 1 unspecified atom stereocenters. The summed E-state index contributed by atoms with van der Waals surface area (Å²) in [6.45, 7) is 6.34. The fourth-order valence-electron chi connectivity index (χ4n) is 8.60. The van der Waals surface area contributed by atoms with Gasteiger partial charge in [0, 0.05) is 12.8 Å². The second-order valence-electron chi connectivity index (χ2n) is 20.6. The Hall–Kier alpha value is -4.19. The first-order valence-electron chi connectivity index (χ1n) is 31.5. The van der Waals surface area contributed by atoms with E-state index < -0.39 is 12.1 Å². The lowest BCUT2D eigenvalue weighted by Crippen LogP contribution is -2.30. The van der Waals surface area contributed by atoms with E-state index in [0.29, 0.717) is 12.8 Å². The summed E-state index contributed by atoms with van der Waals surface area (Å²) >= 11 is 0. The van der Waals surface area contributed by atoms with Crippen molar-refractivity contribution in [1.82, 2.24) is 0 Å². The maximum Gasteiger partial charge on any atom is 0.309 e. The number of carbonyl (C=O) groups excluding carboxylic acids is 3. The van der Waals surface area contributed by atoms with E-state index in [2.05, 4.69) is 130 Å². The van der Waals surface area contributed by atoms with Crippen molar-refractivity contribution < 1.29 is 28.6 Å². The van der Waals surface area contributed by atoms with Crippen molar-refractivity contribution >= 4 is 17.9 Å². The molecule has 0 bridgehead atoms. The van der Waals surface area contributed by atoms with Gasteiger partial charge in [0.25, 0.3) is 0 Å². The lowest BCUT2D eigenvalue weighted by atomic mass is 10.0. The third-order valence-electron chi connectivity index (χ3n) is 13.2. The van der Waals surface area contributed by atoms with Gasteiger partial charge in [0.1, 0.15) is 13.2 Å². The number of unbranched alkanes of at least 4 members (excludes halogenated alkanes) is 26. The molecule has 0 aromatic carbocycles. The third kappa shape index (κ3) is 60.7. The largest absolute Gasteiger partial charge is 0.462 e. The molecule has 0 rings (SSSR count). The standard InChI is InChI=1S/C70H116O6/c1-4-7-10-13-16-19-22-25-28-30-32-34-35-36-38-39-42-45-48-51-54-57-60-63-69(72)75-66-67(65-74-68(71)62-59-56-53-50-47-44-41-27-24-21-18-15-12-9-6-3)76-70(73)64-61-58-55-52-49-46-43-40-37-33-31-29-26-23-20-17-14-11-8-5-2/h7,9-10,12,16,18-19,21,25,27-28,32,34,36,38,41,47,50,56,59,67H,4-6,8,11,13-15,17,20,22-24,26,29-31,33,35,37,39-40,42-46,48-49,51-55,57-58,60-66H2,1-3H3/b10-7-,12-9-,19-16-,21-18-,28-25-,34-32-,38-36-,41-27-,50-47-,59-56-. The molecule has 0 heterocycles. The van der Waals surface area contributed by atoms with Gasteiger partial charge in [-0.3, -0.25) is 14.4 Å². The van der Waals surface area contributed by atoms with Crippen LogP contribution in [0.1, 0.15) is 284 Å². The number of ether oxygens (including phenoxy) is 3. The van der Waals surface area contributed by atoms with Crippen LogP contribution < -0.4 is 0 Å². The third-order valence-corrected chi connectivity index (χ3v) is 13.2. The van der Waals surface area contributed by atoms with Crippen LogP contribution in [0.3, 0.4) is 0 Å². The maximum atomic E-state index is 12.9. The normalized spacial score (nSPS) is 12.9. The van der Waals surface area contributed by atoms with Gasteiger partial charge >= 0.3 is 17.9 Å². The van der Waals surface area contributed by atoms with Gasteiger partial charge < -0.3 is 14.2 Å². The molecule has 0 aromatic heterocycles. The highest BCUT2D eigenvalue weighted by Crippen LogP contribution is 2.16. The molecule has 0 fully saturated rings. The summed E-state index contributed by atoms with van der Waals surface area (Å²) in [4.78, 5) is 38.2. The van der Waals surface area contributed by atoms with Crippen LogP contribution in [0.2, 0.25) is 0 Å². The molecule has 6 heteroatoms. The van der Waals surface area contributed by atoms with Gasteiger partial charge in [-0.1, -0.05) is 296 Å². The molecule has 6 nitrogen and oxygen atoms in total. The molecule has 1 atom stereocenters. The summed E-state index contributed by atoms with van der Waals surface area (Å²) in [5.74, 6) is -1.05. The molecule has 0 aromatic rings. The summed E-state index contributed by atoms with van der Waals surface area (Å²) in [5.41, 5.74) is 0. The van der Waals surface area contributed by atoms with E-state index in [1.807, 2.05) is 6.08 Å². The summed E-state index contributed by atoms with van der Waals surface area (Å²) in [6.07, 6.45) is 88.0. The van der Waals surface area contributed by atoms with Gasteiger partial charge in [-0.25, -0.2) is 0 Å². The first kappa shape index (κ1) is 71.8. The zero-order valence-electron chi connectivity index (χ0n) is 49.5. The van der Waals surface area contributed by atoms with Crippen LogP contribution in [0.15, 0.2) is 122 Å². The average Bonchev–Trinajstić information content (AvgIpc) is 3.42. The van der Waals surface area contributed by atoms with Crippen LogP contribution in [0, 0.1) is 0 Å². The van der Waals surface area contributed by atoms with Crippen molar-refractivity contribution in [3.8, 4) is 0 Å². The predicted molar refractivity (Wildman–Crippen MR) is 330 cm³/mol. The monoisotopic (exact) mass is 1050 g/mol. The summed E-state index contributed by atoms with van der Waals surface area (Å²) in [5, 5.41) is 0. The van der Waals surface area contributed by atoms with Gasteiger partial charge in [0.05, 0.1) is 6.42 Å². The van der Waals surface area contributed by atoms with E-state index in [1.165, 1.54) is 135 Å². The zero-order valence-corrected chi connectivity index (χ0v) is 49.5. The zero-order chi connectivity index (χ0) is 55.0. The fraction of sp³-hybridized carbons (Fsp3) is 0.671. The average molecular weight is 1050 g/mol. The van der Waals surface area contributed by atoms with E-state index in [1.54, 1.807) is 6.08 Å². The summed E-state index contributed by atoms with van der Waals surface area (Å²) < 4.78 is 16.8. The molecule has 0 saturated carbocycles. The topological polar surface area (TPSA) is 78.9 Å². The number of esters is 3. The van der Waals surface area contributed by atoms with E-state index >= 15 is 0 Å². The number of allylic oxidation sites excluding steroid dienone is 19. The van der Waals surface area contributed by atoms with Crippen molar-refractivity contribution in [3.05, 3.63) is 122 Å². The molecule has 0 radical (unpaired) electrons. The van der Waals surface area contributed by atoms with Crippen LogP contribution in [0.5, 0.6) is 0 Å². The molecule has 76 heavy (non-hydrogen) atoms. The quantitative estimate of drug-likeness (QED) is 0.0261. The Morgan fingerprint density at radius 1 is 0.289 bits per heavy atom. The number of carbonyl (C=O) groups is 3. The second kappa shape index (κ2) is 63.3. The van der Waals surface area contributed by atoms with Crippen LogP contribution in [-0.4, -0.2) is 37.2 Å². The van der Waals surface area contributed by atoms with Gasteiger partial charge in [-0.2, -0.15) is 0 Å². The molecule has 0 amide bonds. The van der Waals surface area contributed by atoms with Crippen molar-refractivity contribution in [2.75, 3.05) is 13.2 Å². The first-order chi connectivity index (χ1) is 37.5. The molecule has 0 saturated heterocycles. The highest BCUT2D eigenvalue weighted by Gasteiger charge is 2.19. The van der Waals surface area contributed by atoms with Gasteiger partial charge in [-0.05, 0) is 89.9 Å². The van der Waals surface area contributed by atoms with Crippen molar-refractivity contribution in [2.24, 2.45) is 0 Å². The van der Waals surface area contributed by atoms with E-state index in [-0.39, 0.29) is 31.6 Å². The summed E-state index contributed by atoms with van der Waals surface area (Å²) in [7, 11) is 0. The predicted octanol–water partition coefficient (Wildman–Crippen LogP) is 21.6. The highest BCUT2D eigenvalue weighted by atomic mass is 16.6. The molecule has 0 N–H and O–H groups in total. The molecule has 0 aliphatic carbocycles. The van der Waals surface area contributed by atoms with Crippen molar-refractivity contribution in [1.29, 1.82) is 0 Å². The number of hydrogen-bond acceptors (Lipinski definition) is 6. The van der Waals surface area contributed by atoms with Gasteiger partial charge in [0.15, 0.2) is 6.10 Å². The molecule has 0 spiro atoms. The lowest BCUT2D eigenvalue weighted by molar-refractivity contribution is -0.166. The number of rotatable bonds is 56. The molecular formula is C70H116O6. The minimum absolute atomic E-state index is 0.114. The van der Waals surface area contributed by atoms with Crippen molar-refractivity contribution in [3.63, 3.8) is 0 Å². The molecular weight excluding hydrogens is 937 g/mol. The molecule has 0 aliphatic heterocycles. The summed E-state index contributed by atoms with van der Waals surface area (Å²) in [6, 6.07) is 0. The van der Waals surface area contributed by atoms with Crippen LogP contribution in [-0.2, 0) is 28.6 Å². The Balaban J connectivity index is 4.45. The van der Waals surface area contributed by atoms with Crippen LogP contribution >= 0.6 is 0 Å². The van der Waals surface area contributed by atoms with Crippen LogP contribution in [0.25, 0.3) is 0 Å². The van der Waals surface area contributed by atoms with Gasteiger partial charge in [-0.15, -0.1) is 0 Å². The van der Waals surface area contributed by atoms with Crippen LogP contribution in [0.4, 0.5) is 0 Å². The SMILES string of the molecule is CC/C=C\C/C=C\C/C=C\C/C=C\C/C=C\CCCCCCCCCC(=O)OCC(COC(=O)C/C=C\C/C=C\C/C=C\C/C=C\C/C=C\CC)OC(=O)CCCCCCCCCCCCCCCCCCCCCC. The Morgan fingerprint density at radius 2 is 0.566 bits per heavy atom. The minimum atomic E-state index is -0.825. The van der Waals surface area contributed by atoms with Crippen molar-refractivity contribution in [2.45, 2.75) is 290 Å². The molecule has 0 aliphatic rings. The Kier molecular flexibility index (Phi) is 59.9. The Bertz CT molecular complexity index is 1590. The molecule has 432 valence electrons. The van der Waals surface area contributed by atoms with Gasteiger partial charge in [0.2, 0.25) is 0 Å². The fourth-order valence-corrected chi connectivity index (χ4v) is 8.60. The van der Waals surface area contributed by atoms with E-state index in [0.717, 1.165) is 109 Å². The Labute approximate surface area is 469 Å². The lowest BCUT2D eigenvalue weighted by Gasteiger charge is -2.18. The smallest absolute Gasteiger partial charge is 0.309 e. The maximum absolute atomic E-state index is 12.9. The van der Waals surface area contributed by atoms with E-state index in [9.17, 15) is 14.4 Å². The second-order valence-corrected chi connectivity index (χ2v) is 20.6. The number of hydrogen-bond donors (Lipinski definition) is 0. The highest BCUT2D eigenvalue weighted by molar-refractivity contribution is 5.72. The minimum Gasteiger partial charge on any atom is -0.462 e.